The molecule has 0 radical (unpaired) electrons. The number of rotatable bonds is 7. The Balaban J connectivity index is 2.54. The molecule has 0 saturated heterocycles. The first-order chi connectivity index (χ1) is 9.04. The number of nitrogens with zero attached hydrogens (tertiary/aromatic N) is 2. The SMILES string of the molecule is CO/N=C\Cc1cnc(S(=O)CCC(F)=C(F)F)s1. The van der Waals surface area contributed by atoms with E-state index < -0.39 is 29.1 Å². The maximum absolute atomic E-state index is 12.6. The quantitative estimate of drug-likeness (QED) is 0.574. The largest absolute Gasteiger partial charge is 0.399 e. The van der Waals surface area contributed by atoms with Crippen molar-refractivity contribution in [2.75, 3.05) is 12.9 Å². The third-order valence-corrected chi connectivity index (χ3v) is 4.60. The van der Waals surface area contributed by atoms with E-state index >= 15 is 0 Å². The molecule has 1 aromatic heterocycles. The molecule has 0 spiro atoms. The average Bonchev–Trinajstić information content (AvgIpc) is 2.84. The predicted octanol–water partition coefficient (Wildman–Crippen LogP) is 2.89. The number of hydrogen-bond acceptors (Lipinski definition) is 5. The van der Waals surface area contributed by atoms with Gasteiger partial charge in [-0.1, -0.05) is 5.16 Å². The Kier molecular flexibility index (Phi) is 6.71. The molecule has 0 aromatic carbocycles. The van der Waals surface area contributed by atoms with Gasteiger partial charge in [0.05, 0.1) is 10.8 Å². The van der Waals surface area contributed by atoms with Crippen molar-refractivity contribution >= 4 is 28.4 Å². The molecule has 0 fully saturated rings. The number of aromatic nitrogens is 1. The Morgan fingerprint density at radius 3 is 2.95 bits per heavy atom. The Morgan fingerprint density at radius 1 is 1.58 bits per heavy atom. The fourth-order valence-electron chi connectivity index (χ4n) is 1.06. The number of halogens is 3. The van der Waals surface area contributed by atoms with Crippen molar-refractivity contribution in [1.29, 1.82) is 0 Å². The van der Waals surface area contributed by atoms with E-state index in [0.717, 1.165) is 4.88 Å². The average molecular weight is 312 g/mol. The Labute approximate surface area is 114 Å². The minimum Gasteiger partial charge on any atom is -0.399 e. The molecule has 0 N–H and O–H groups in total. The predicted molar refractivity (Wildman–Crippen MR) is 67.6 cm³/mol. The van der Waals surface area contributed by atoms with E-state index in [1.165, 1.54) is 30.9 Å². The molecule has 0 bridgehead atoms. The van der Waals surface area contributed by atoms with Gasteiger partial charge in [-0.2, -0.15) is 8.78 Å². The van der Waals surface area contributed by atoms with E-state index in [0.29, 0.717) is 6.42 Å². The molecule has 0 saturated carbocycles. The molecule has 19 heavy (non-hydrogen) atoms. The van der Waals surface area contributed by atoms with E-state index in [9.17, 15) is 17.4 Å². The minimum atomic E-state index is -2.37. The van der Waals surface area contributed by atoms with Crippen LogP contribution in [0.3, 0.4) is 0 Å². The second-order valence-corrected chi connectivity index (χ2v) is 6.09. The van der Waals surface area contributed by atoms with Crippen LogP contribution >= 0.6 is 11.3 Å². The van der Waals surface area contributed by atoms with Crippen LogP contribution in [-0.4, -0.2) is 28.3 Å². The van der Waals surface area contributed by atoms with Crippen LogP contribution < -0.4 is 0 Å². The molecule has 1 atom stereocenters. The fourth-order valence-corrected chi connectivity index (χ4v) is 3.30. The van der Waals surface area contributed by atoms with E-state index in [1.54, 1.807) is 0 Å². The molecule has 0 aliphatic carbocycles. The summed E-state index contributed by atoms with van der Waals surface area (Å²) in [6, 6.07) is 0. The highest BCUT2D eigenvalue weighted by Gasteiger charge is 2.12. The van der Waals surface area contributed by atoms with Crippen molar-refractivity contribution < 1.29 is 22.2 Å². The van der Waals surface area contributed by atoms with Crippen molar-refractivity contribution in [3.05, 3.63) is 23.0 Å². The zero-order valence-electron chi connectivity index (χ0n) is 9.94. The van der Waals surface area contributed by atoms with Crippen LogP contribution in [0.25, 0.3) is 0 Å². The summed E-state index contributed by atoms with van der Waals surface area (Å²) < 4.78 is 48.2. The zero-order chi connectivity index (χ0) is 14.3. The standard InChI is InChI=1S/C10H11F3N2O2S2/c1-17-15-4-2-7-6-14-10(18-7)19(16)5-3-8(11)9(12)13/h4,6H,2-3,5H2,1H3/b15-4-. The van der Waals surface area contributed by atoms with Crippen molar-refractivity contribution in [3.8, 4) is 0 Å². The van der Waals surface area contributed by atoms with Gasteiger partial charge in [-0.05, 0) is 0 Å². The molecule has 1 rings (SSSR count). The number of oxime groups is 1. The molecular weight excluding hydrogens is 301 g/mol. The van der Waals surface area contributed by atoms with Gasteiger partial charge >= 0.3 is 6.08 Å². The third kappa shape index (κ3) is 5.52. The van der Waals surface area contributed by atoms with Crippen molar-refractivity contribution in [2.45, 2.75) is 17.2 Å². The molecule has 0 aliphatic heterocycles. The summed E-state index contributed by atoms with van der Waals surface area (Å²) in [6.07, 6.45) is 0.570. The van der Waals surface area contributed by atoms with Crippen molar-refractivity contribution in [3.63, 3.8) is 0 Å². The Morgan fingerprint density at radius 2 is 2.32 bits per heavy atom. The summed E-state index contributed by atoms with van der Waals surface area (Å²) in [4.78, 5) is 9.19. The lowest BCUT2D eigenvalue weighted by Crippen LogP contribution is -1.98. The van der Waals surface area contributed by atoms with Crippen LogP contribution in [0.4, 0.5) is 13.2 Å². The van der Waals surface area contributed by atoms with Gasteiger partial charge in [0.25, 0.3) is 0 Å². The van der Waals surface area contributed by atoms with E-state index in [1.807, 2.05) is 0 Å². The molecule has 4 nitrogen and oxygen atoms in total. The molecule has 1 aromatic rings. The van der Waals surface area contributed by atoms with E-state index in [4.69, 9.17) is 0 Å². The Bertz CT molecular complexity index is 499. The second kappa shape index (κ2) is 8.05. The van der Waals surface area contributed by atoms with Crippen LogP contribution in [0.2, 0.25) is 0 Å². The van der Waals surface area contributed by atoms with Crippen LogP contribution in [0.1, 0.15) is 11.3 Å². The highest BCUT2D eigenvalue weighted by atomic mass is 32.2. The lowest BCUT2D eigenvalue weighted by atomic mass is 10.4. The van der Waals surface area contributed by atoms with E-state index in [-0.39, 0.29) is 10.1 Å². The normalized spacial score (nSPS) is 12.6. The molecule has 1 unspecified atom stereocenters. The first kappa shape index (κ1) is 15.8. The van der Waals surface area contributed by atoms with Gasteiger partial charge in [0.2, 0.25) is 0 Å². The van der Waals surface area contributed by atoms with Gasteiger partial charge in [0, 0.05) is 35.9 Å². The van der Waals surface area contributed by atoms with Gasteiger partial charge in [-0.25, -0.2) is 9.37 Å². The lowest BCUT2D eigenvalue weighted by molar-refractivity contribution is 0.215. The van der Waals surface area contributed by atoms with Gasteiger partial charge in [0.15, 0.2) is 10.2 Å². The maximum Gasteiger partial charge on any atom is 0.301 e. The van der Waals surface area contributed by atoms with Gasteiger partial charge in [0.1, 0.15) is 7.11 Å². The zero-order valence-corrected chi connectivity index (χ0v) is 11.6. The molecule has 9 heteroatoms. The summed E-state index contributed by atoms with van der Waals surface area (Å²) in [5.74, 6) is -1.75. The molecular formula is C10H11F3N2O2S2. The number of allylic oxidation sites excluding steroid dienone is 1. The Hall–Kier alpha value is -1.22. The first-order valence-electron chi connectivity index (χ1n) is 5.12. The lowest BCUT2D eigenvalue weighted by Gasteiger charge is -1.96. The minimum absolute atomic E-state index is 0.220. The third-order valence-electron chi connectivity index (χ3n) is 1.91. The van der Waals surface area contributed by atoms with E-state index in [2.05, 4.69) is 15.0 Å². The van der Waals surface area contributed by atoms with Crippen LogP contribution in [0, 0.1) is 0 Å². The molecule has 0 amide bonds. The highest BCUT2D eigenvalue weighted by molar-refractivity contribution is 7.87. The fraction of sp³-hybridized carbons (Fsp3) is 0.400. The molecule has 106 valence electrons. The summed E-state index contributed by atoms with van der Waals surface area (Å²) in [6.45, 7) is 0. The molecule has 1 heterocycles. The molecule has 0 aliphatic rings. The monoisotopic (exact) mass is 312 g/mol. The van der Waals surface area contributed by atoms with Gasteiger partial charge in [-0.15, -0.1) is 11.3 Å². The first-order valence-corrected chi connectivity index (χ1v) is 7.25. The highest BCUT2D eigenvalue weighted by Crippen LogP contribution is 2.20. The van der Waals surface area contributed by atoms with Crippen LogP contribution in [0.15, 0.2) is 27.6 Å². The smallest absolute Gasteiger partial charge is 0.301 e. The van der Waals surface area contributed by atoms with Gasteiger partial charge < -0.3 is 4.84 Å². The number of thiazole rings is 1. The second-order valence-electron chi connectivity index (χ2n) is 3.23. The number of hydrogen-bond donors (Lipinski definition) is 0. The summed E-state index contributed by atoms with van der Waals surface area (Å²) in [5.41, 5.74) is 0. The summed E-state index contributed by atoms with van der Waals surface area (Å²) in [7, 11) is -0.170. The summed E-state index contributed by atoms with van der Waals surface area (Å²) >= 11 is 1.17. The van der Waals surface area contributed by atoms with Crippen molar-refractivity contribution in [1.82, 2.24) is 4.98 Å². The summed E-state index contributed by atoms with van der Waals surface area (Å²) in [5, 5.41) is 3.54. The van der Waals surface area contributed by atoms with Crippen LogP contribution in [-0.2, 0) is 22.1 Å². The van der Waals surface area contributed by atoms with Gasteiger partial charge in [-0.3, -0.25) is 4.21 Å². The topological polar surface area (TPSA) is 51.6 Å². The van der Waals surface area contributed by atoms with Crippen LogP contribution in [0.5, 0.6) is 0 Å². The van der Waals surface area contributed by atoms with Crippen molar-refractivity contribution in [2.24, 2.45) is 5.16 Å². The maximum atomic E-state index is 12.6.